The van der Waals surface area contributed by atoms with E-state index in [0.29, 0.717) is 19.3 Å². The Morgan fingerprint density at radius 3 is 1.15 bits per heavy atom. The first-order valence-corrected chi connectivity index (χ1v) is 22.1. The molecule has 0 aliphatic heterocycles. The number of ether oxygens (including phenoxy) is 3. The van der Waals surface area contributed by atoms with Crippen molar-refractivity contribution >= 4 is 17.9 Å². The van der Waals surface area contributed by atoms with Crippen LogP contribution in [0.15, 0.2) is 48.6 Å². The zero-order valence-corrected chi connectivity index (χ0v) is 34.8. The van der Waals surface area contributed by atoms with Crippen molar-refractivity contribution in [3.8, 4) is 0 Å². The van der Waals surface area contributed by atoms with Crippen LogP contribution in [0.3, 0.4) is 0 Å². The summed E-state index contributed by atoms with van der Waals surface area (Å²) >= 11 is 0. The van der Waals surface area contributed by atoms with Gasteiger partial charge in [-0.3, -0.25) is 14.4 Å². The Kier molecular flexibility index (Phi) is 40.0. The molecule has 0 saturated heterocycles. The normalized spacial score (nSPS) is 12.4. The number of carbonyl (C=O) groups excluding carboxylic acids is 3. The lowest BCUT2D eigenvalue weighted by Crippen LogP contribution is -2.30. The predicted molar refractivity (Wildman–Crippen MR) is 224 cm³/mol. The summed E-state index contributed by atoms with van der Waals surface area (Å²) in [6.07, 6.45) is 48.1. The topological polar surface area (TPSA) is 78.9 Å². The molecule has 0 rings (SSSR count). The van der Waals surface area contributed by atoms with Crippen molar-refractivity contribution in [1.29, 1.82) is 0 Å². The van der Waals surface area contributed by atoms with Gasteiger partial charge in [0, 0.05) is 19.3 Å². The van der Waals surface area contributed by atoms with Crippen LogP contribution in [0.1, 0.15) is 213 Å². The molecule has 0 amide bonds. The molecule has 0 fully saturated rings. The molecule has 53 heavy (non-hydrogen) atoms. The first kappa shape index (κ1) is 50.4. The van der Waals surface area contributed by atoms with E-state index < -0.39 is 6.10 Å². The van der Waals surface area contributed by atoms with E-state index in [9.17, 15) is 14.4 Å². The molecule has 0 N–H and O–H groups in total. The van der Waals surface area contributed by atoms with E-state index in [1.807, 2.05) is 0 Å². The number of allylic oxidation sites excluding steroid dienone is 8. The van der Waals surface area contributed by atoms with Gasteiger partial charge < -0.3 is 14.2 Å². The van der Waals surface area contributed by atoms with Crippen LogP contribution in [0.25, 0.3) is 0 Å². The zero-order chi connectivity index (χ0) is 38.7. The Hall–Kier alpha value is -2.63. The summed E-state index contributed by atoms with van der Waals surface area (Å²) in [6.45, 7) is 6.45. The van der Waals surface area contributed by atoms with E-state index in [0.717, 1.165) is 96.3 Å². The molecule has 0 heterocycles. The smallest absolute Gasteiger partial charge is 0.306 e. The Balaban J connectivity index is 4.35. The highest BCUT2D eigenvalue weighted by molar-refractivity contribution is 5.71. The lowest BCUT2D eigenvalue weighted by atomic mass is 10.1. The fraction of sp³-hybridized carbons (Fsp3) is 0.766. The maximum atomic E-state index is 12.6. The number of esters is 3. The molecular formula is C47H82O6. The standard InChI is InChI=1S/C47H82O6/c1-4-7-10-13-16-19-21-22-23-24-25-26-27-29-31-34-37-40-46(49)52-43-44(42-51-45(48)39-36-33-30-18-15-12-9-6-3)53-47(50)41-38-35-32-28-20-17-14-11-8-5-2/h7,10,16,19,22-23,25-26,44H,4-6,8-9,11-15,17-18,20-21,24,27-43H2,1-3H3/b10-7-,19-16-,23-22-,26-25-. The molecule has 6 nitrogen and oxygen atoms in total. The lowest BCUT2D eigenvalue weighted by molar-refractivity contribution is -0.167. The molecule has 6 heteroatoms. The molecule has 0 bridgehead atoms. The van der Waals surface area contributed by atoms with E-state index in [4.69, 9.17) is 14.2 Å². The van der Waals surface area contributed by atoms with E-state index in [-0.39, 0.29) is 31.1 Å². The lowest BCUT2D eigenvalue weighted by Gasteiger charge is -2.18. The molecule has 1 atom stereocenters. The van der Waals surface area contributed by atoms with Crippen molar-refractivity contribution in [2.45, 2.75) is 219 Å². The highest BCUT2D eigenvalue weighted by Gasteiger charge is 2.19. The summed E-state index contributed by atoms with van der Waals surface area (Å²) < 4.78 is 16.6. The second-order valence-electron chi connectivity index (χ2n) is 14.6. The molecule has 306 valence electrons. The van der Waals surface area contributed by atoms with Gasteiger partial charge in [0.2, 0.25) is 0 Å². The number of hydrogen-bond acceptors (Lipinski definition) is 6. The number of unbranched alkanes of at least 4 members (excludes halogenated alkanes) is 20. The van der Waals surface area contributed by atoms with Gasteiger partial charge in [-0.2, -0.15) is 0 Å². The molecule has 0 aliphatic carbocycles. The summed E-state index contributed by atoms with van der Waals surface area (Å²) in [5.74, 6) is -0.911. The molecule has 0 spiro atoms. The van der Waals surface area contributed by atoms with E-state index in [1.54, 1.807) is 0 Å². The van der Waals surface area contributed by atoms with Gasteiger partial charge in [-0.25, -0.2) is 0 Å². The van der Waals surface area contributed by atoms with Crippen LogP contribution in [-0.4, -0.2) is 37.2 Å². The van der Waals surface area contributed by atoms with Crippen molar-refractivity contribution in [1.82, 2.24) is 0 Å². The number of carbonyl (C=O) groups is 3. The van der Waals surface area contributed by atoms with Crippen LogP contribution in [0.5, 0.6) is 0 Å². The zero-order valence-electron chi connectivity index (χ0n) is 34.8. The third kappa shape index (κ3) is 40.4. The van der Waals surface area contributed by atoms with E-state index in [2.05, 4.69) is 69.4 Å². The average molecular weight is 743 g/mol. The Morgan fingerprint density at radius 1 is 0.396 bits per heavy atom. The summed E-state index contributed by atoms with van der Waals surface area (Å²) in [7, 11) is 0. The molecular weight excluding hydrogens is 661 g/mol. The molecule has 1 unspecified atom stereocenters. The Bertz CT molecular complexity index is 949. The Morgan fingerprint density at radius 2 is 0.736 bits per heavy atom. The van der Waals surface area contributed by atoms with Gasteiger partial charge in [0.1, 0.15) is 13.2 Å². The van der Waals surface area contributed by atoms with Crippen LogP contribution in [0.4, 0.5) is 0 Å². The minimum absolute atomic E-state index is 0.0792. The molecule has 0 aromatic rings. The average Bonchev–Trinajstić information content (AvgIpc) is 3.15. The number of hydrogen-bond donors (Lipinski definition) is 0. The molecule has 0 aliphatic rings. The van der Waals surface area contributed by atoms with Crippen LogP contribution < -0.4 is 0 Å². The fourth-order valence-corrected chi connectivity index (χ4v) is 6.02. The third-order valence-electron chi connectivity index (χ3n) is 9.35. The van der Waals surface area contributed by atoms with Crippen molar-refractivity contribution in [3.63, 3.8) is 0 Å². The Labute approximate surface area is 327 Å². The van der Waals surface area contributed by atoms with Gasteiger partial charge in [0.05, 0.1) is 0 Å². The van der Waals surface area contributed by atoms with Gasteiger partial charge in [0.15, 0.2) is 6.10 Å². The number of rotatable bonds is 39. The maximum absolute atomic E-state index is 12.6. The molecule has 0 saturated carbocycles. The summed E-state index contributed by atoms with van der Waals surface area (Å²) in [4.78, 5) is 37.6. The summed E-state index contributed by atoms with van der Waals surface area (Å²) in [6, 6.07) is 0. The van der Waals surface area contributed by atoms with Crippen LogP contribution >= 0.6 is 0 Å². The minimum atomic E-state index is -0.775. The quantitative estimate of drug-likeness (QED) is 0.0270. The van der Waals surface area contributed by atoms with Crippen molar-refractivity contribution in [2.24, 2.45) is 0 Å². The van der Waals surface area contributed by atoms with Crippen LogP contribution in [-0.2, 0) is 28.6 Å². The van der Waals surface area contributed by atoms with Crippen molar-refractivity contribution in [3.05, 3.63) is 48.6 Å². The molecule has 0 aromatic heterocycles. The highest BCUT2D eigenvalue weighted by atomic mass is 16.6. The predicted octanol–water partition coefficient (Wildman–Crippen LogP) is 14.0. The summed E-state index contributed by atoms with van der Waals surface area (Å²) in [5.41, 5.74) is 0. The molecule has 0 aromatic carbocycles. The largest absolute Gasteiger partial charge is 0.462 e. The van der Waals surface area contributed by atoms with Gasteiger partial charge in [-0.15, -0.1) is 0 Å². The molecule has 0 radical (unpaired) electrons. The second kappa shape index (κ2) is 42.1. The van der Waals surface area contributed by atoms with Crippen molar-refractivity contribution < 1.29 is 28.6 Å². The SMILES string of the molecule is CC/C=C\C/C=C\C/C=C\C/C=C\CCCCCCC(=O)OCC(COC(=O)CCCCCCCCCC)OC(=O)CCCCCCCCCCCC. The maximum Gasteiger partial charge on any atom is 0.306 e. The van der Waals surface area contributed by atoms with Gasteiger partial charge >= 0.3 is 17.9 Å². The van der Waals surface area contributed by atoms with E-state index >= 15 is 0 Å². The van der Waals surface area contributed by atoms with E-state index in [1.165, 1.54) is 77.0 Å². The van der Waals surface area contributed by atoms with Gasteiger partial charge in [0.25, 0.3) is 0 Å². The highest BCUT2D eigenvalue weighted by Crippen LogP contribution is 2.14. The first-order chi connectivity index (χ1) is 26.0. The van der Waals surface area contributed by atoms with Crippen LogP contribution in [0, 0.1) is 0 Å². The first-order valence-electron chi connectivity index (χ1n) is 22.1. The van der Waals surface area contributed by atoms with Crippen molar-refractivity contribution in [2.75, 3.05) is 13.2 Å². The third-order valence-corrected chi connectivity index (χ3v) is 9.35. The second-order valence-corrected chi connectivity index (χ2v) is 14.6. The monoisotopic (exact) mass is 743 g/mol. The minimum Gasteiger partial charge on any atom is -0.462 e. The van der Waals surface area contributed by atoms with Gasteiger partial charge in [-0.1, -0.05) is 185 Å². The fourth-order valence-electron chi connectivity index (χ4n) is 6.02. The van der Waals surface area contributed by atoms with Crippen LogP contribution in [0.2, 0.25) is 0 Å². The van der Waals surface area contributed by atoms with Gasteiger partial charge in [-0.05, 0) is 57.8 Å². The summed E-state index contributed by atoms with van der Waals surface area (Å²) in [5, 5.41) is 0.